The van der Waals surface area contributed by atoms with E-state index < -0.39 is 0 Å². The number of rotatable bonds is 5. The van der Waals surface area contributed by atoms with Crippen LogP contribution in [0.15, 0.2) is 60.7 Å². The van der Waals surface area contributed by atoms with Gasteiger partial charge >= 0.3 is 0 Å². The zero-order valence-electron chi connectivity index (χ0n) is 12.8. The van der Waals surface area contributed by atoms with Crippen LogP contribution >= 0.6 is 0 Å². The third-order valence-corrected chi connectivity index (χ3v) is 3.55. The zero-order valence-corrected chi connectivity index (χ0v) is 12.8. The Morgan fingerprint density at radius 1 is 0.955 bits per heavy atom. The quantitative estimate of drug-likeness (QED) is 0.695. The highest BCUT2D eigenvalue weighted by atomic mass is 15.0. The summed E-state index contributed by atoms with van der Waals surface area (Å²) in [6.07, 6.45) is 5.34. The highest BCUT2D eigenvalue weighted by Gasteiger charge is 2.04. The molecule has 3 rings (SSSR count). The van der Waals surface area contributed by atoms with Gasteiger partial charge in [0.05, 0.1) is 5.52 Å². The van der Waals surface area contributed by atoms with Crippen molar-refractivity contribution in [2.45, 2.75) is 13.3 Å². The van der Waals surface area contributed by atoms with E-state index >= 15 is 0 Å². The Bertz CT molecular complexity index is 776. The first kappa shape index (κ1) is 14.3. The maximum atomic E-state index is 4.76. The van der Waals surface area contributed by atoms with E-state index in [2.05, 4.69) is 66.9 Å². The molecule has 0 spiro atoms. The molecule has 3 aromatic rings. The lowest BCUT2D eigenvalue weighted by Crippen LogP contribution is -2.04. The minimum atomic E-state index is 0.928. The molecule has 0 aliphatic carbocycles. The molecule has 0 radical (unpaired) electrons. The van der Waals surface area contributed by atoms with Crippen LogP contribution in [0.2, 0.25) is 0 Å². The second-order valence-electron chi connectivity index (χ2n) is 5.29. The predicted octanol–water partition coefficient (Wildman–Crippen LogP) is 5.23. The van der Waals surface area contributed by atoms with Crippen molar-refractivity contribution in [2.24, 2.45) is 0 Å². The molecule has 0 atom stereocenters. The predicted molar refractivity (Wildman–Crippen MR) is 95.9 cm³/mol. The molecule has 0 bridgehead atoms. The summed E-state index contributed by atoms with van der Waals surface area (Å²) in [5.74, 6) is 0.952. The average molecular weight is 288 g/mol. The Labute approximate surface area is 131 Å². The first-order valence-corrected chi connectivity index (χ1v) is 7.73. The van der Waals surface area contributed by atoms with E-state index in [0.29, 0.717) is 0 Å². The number of hydrogen-bond donors (Lipinski definition) is 1. The van der Waals surface area contributed by atoms with Gasteiger partial charge in [-0.15, -0.1) is 0 Å². The minimum Gasteiger partial charge on any atom is -0.370 e. The van der Waals surface area contributed by atoms with Crippen molar-refractivity contribution in [1.82, 2.24) is 4.98 Å². The standard InChI is InChI=1S/C20H20N2/c1-2-14-21-20-18(13-12-16-8-4-3-5-9-16)15-17-10-6-7-11-19(17)22-20/h3-13,15H,2,14H2,1H3,(H,21,22)/b13-12-. The van der Waals surface area contributed by atoms with Crippen molar-refractivity contribution in [1.29, 1.82) is 0 Å². The lowest BCUT2D eigenvalue weighted by molar-refractivity contribution is 0.971. The fourth-order valence-corrected chi connectivity index (χ4v) is 2.39. The fourth-order valence-electron chi connectivity index (χ4n) is 2.39. The van der Waals surface area contributed by atoms with Crippen molar-refractivity contribution >= 4 is 28.9 Å². The highest BCUT2D eigenvalue weighted by Crippen LogP contribution is 2.22. The molecule has 0 saturated carbocycles. The van der Waals surface area contributed by atoms with Gasteiger partial charge < -0.3 is 5.32 Å². The number of nitrogens with one attached hydrogen (secondary N) is 1. The Kier molecular flexibility index (Phi) is 4.50. The van der Waals surface area contributed by atoms with Crippen molar-refractivity contribution in [2.75, 3.05) is 11.9 Å². The number of para-hydroxylation sites is 1. The number of nitrogens with zero attached hydrogens (tertiary/aromatic N) is 1. The average Bonchev–Trinajstić information content (AvgIpc) is 2.58. The van der Waals surface area contributed by atoms with Gasteiger partial charge in [0, 0.05) is 17.5 Å². The van der Waals surface area contributed by atoms with Crippen molar-refractivity contribution in [3.05, 3.63) is 71.8 Å². The van der Waals surface area contributed by atoms with Crippen LogP contribution in [0.25, 0.3) is 23.1 Å². The van der Waals surface area contributed by atoms with Gasteiger partial charge in [0.1, 0.15) is 5.82 Å². The SMILES string of the molecule is CCCNc1nc2ccccc2cc1/C=C\c1ccccc1. The molecule has 0 amide bonds. The number of fused-ring (bicyclic) bond motifs is 1. The first-order valence-electron chi connectivity index (χ1n) is 7.73. The number of aromatic nitrogens is 1. The summed E-state index contributed by atoms with van der Waals surface area (Å²) in [7, 11) is 0. The van der Waals surface area contributed by atoms with Gasteiger partial charge in [0.25, 0.3) is 0 Å². The van der Waals surface area contributed by atoms with E-state index in [1.165, 1.54) is 5.56 Å². The third-order valence-electron chi connectivity index (χ3n) is 3.55. The van der Waals surface area contributed by atoms with Crippen LogP contribution < -0.4 is 5.32 Å². The molecule has 0 aliphatic heterocycles. The second kappa shape index (κ2) is 6.90. The minimum absolute atomic E-state index is 0.928. The molecule has 2 aromatic carbocycles. The molecular formula is C20H20N2. The zero-order chi connectivity index (χ0) is 15.2. The van der Waals surface area contributed by atoms with Gasteiger partial charge in [-0.05, 0) is 24.1 Å². The molecule has 1 N–H and O–H groups in total. The molecule has 0 unspecified atom stereocenters. The number of benzene rings is 2. The van der Waals surface area contributed by atoms with Crippen LogP contribution in [0.5, 0.6) is 0 Å². The Balaban J connectivity index is 1.99. The van der Waals surface area contributed by atoms with Crippen LogP contribution in [0.3, 0.4) is 0 Å². The van der Waals surface area contributed by atoms with Crippen LogP contribution in [-0.4, -0.2) is 11.5 Å². The topological polar surface area (TPSA) is 24.9 Å². The van der Waals surface area contributed by atoms with E-state index in [0.717, 1.165) is 35.2 Å². The summed E-state index contributed by atoms with van der Waals surface area (Å²) in [6, 6.07) is 20.8. The van der Waals surface area contributed by atoms with Crippen LogP contribution in [0.1, 0.15) is 24.5 Å². The highest BCUT2D eigenvalue weighted by molar-refractivity contribution is 5.86. The molecule has 2 nitrogen and oxygen atoms in total. The lowest BCUT2D eigenvalue weighted by Gasteiger charge is -2.09. The van der Waals surface area contributed by atoms with Crippen LogP contribution in [-0.2, 0) is 0 Å². The monoisotopic (exact) mass is 288 g/mol. The number of hydrogen-bond acceptors (Lipinski definition) is 2. The van der Waals surface area contributed by atoms with Gasteiger partial charge in [-0.25, -0.2) is 4.98 Å². The molecular weight excluding hydrogens is 268 g/mol. The molecule has 1 aromatic heterocycles. The summed E-state index contributed by atoms with van der Waals surface area (Å²) in [4.78, 5) is 4.76. The molecule has 2 heteroatoms. The van der Waals surface area contributed by atoms with E-state index in [1.807, 2.05) is 18.2 Å². The van der Waals surface area contributed by atoms with E-state index in [-0.39, 0.29) is 0 Å². The van der Waals surface area contributed by atoms with Gasteiger partial charge in [-0.1, -0.05) is 67.6 Å². The molecule has 0 saturated heterocycles. The van der Waals surface area contributed by atoms with Crippen LogP contribution in [0.4, 0.5) is 5.82 Å². The summed E-state index contributed by atoms with van der Waals surface area (Å²) >= 11 is 0. The molecule has 0 fully saturated rings. The van der Waals surface area contributed by atoms with Crippen molar-refractivity contribution in [3.63, 3.8) is 0 Å². The van der Waals surface area contributed by atoms with E-state index in [9.17, 15) is 0 Å². The van der Waals surface area contributed by atoms with Gasteiger partial charge in [0.2, 0.25) is 0 Å². The molecule has 110 valence electrons. The van der Waals surface area contributed by atoms with E-state index in [1.54, 1.807) is 0 Å². The third kappa shape index (κ3) is 3.34. The van der Waals surface area contributed by atoms with Gasteiger partial charge in [-0.2, -0.15) is 0 Å². The second-order valence-corrected chi connectivity index (χ2v) is 5.29. The lowest BCUT2D eigenvalue weighted by atomic mass is 10.1. The van der Waals surface area contributed by atoms with Gasteiger partial charge in [-0.3, -0.25) is 0 Å². The van der Waals surface area contributed by atoms with Crippen molar-refractivity contribution in [3.8, 4) is 0 Å². The largest absolute Gasteiger partial charge is 0.370 e. The van der Waals surface area contributed by atoms with Crippen LogP contribution in [0, 0.1) is 0 Å². The fraction of sp³-hybridized carbons (Fsp3) is 0.150. The van der Waals surface area contributed by atoms with Gasteiger partial charge in [0.15, 0.2) is 0 Å². The maximum Gasteiger partial charge on any atom is 0.133 e. The van der Waals surface area contributed by atoms with Crippen molar-refractivity contribution < 1.29 is 0 Å². The van der Waals surface area contributed by atoms with E-state index in [4.69, 9.17) is 4.98 Å². The Morgan fingerprint density at radius 2 is 1.73 bits per heavy atom. The summed E-state index contributed by atoms with van der Waals surface area (Å²) in [5, 5.41) is 4.59. The normalized spacial score (nSPS) is 11.1. The summed E-state index contributed by atoms with van der Waals surface area (Å²) in [5.41, 5.74) is 3.34. The Hall–Kier alpha value is -2.61. The Morgan fingerprint density at radius 3 is 2.55 bits per heavy atom. The summed E-state index contributed by atoms with van der Waals surface area (Å²) < 4.78 is 0. The number of anilines is 1. The smallest absolute Gasteiger partial charge is 0.133 e. The number of pyridine rings is 1. The molecule has 0 aliphatic rings. The molecule has 22 heavy (non-hydrogen) atoms. The molecule has 1 heterocycles. The summed E-state index contributed by atoms with van der Waals surface area (Å²) in [6.45, 7) is 3.09. The maximum absolute atomic E-state index is 4.76. The first-order chi connectivity index (χ1) is 10.9.